The van der Waals surface area contributed by atoms with Crippen LogP contribution in [0, 0.1) is 5.53 Å². The second-order valence-corrected chi connectivity index (χ2v) is 4.40. The highest BCUT2D eigenvalue weighted by atomic mass is 16.4. The number of rotatable bonds is 6. The van der Waals surface area contributed by atoms with Gasteiger partial charge in [-0.1, -0.05) is 18.2 Å². The smallest absolute Gasteiger partial charge is 0.372 e. The van der Waals surface area contributed by atoms with E-state index in [0.29, 0.717) is 17.7 Å². The molecule has 0 aliphatic heterocycles. The van der Waals surface area contributed by atoms with Crippen LogP contribution in [0.1, 0.15) is 17.7 Å². The third-order valence-electron chi connectivity index (χ3n) is 3.05. The number of carbonyl (C=O) groups excluding carboxylic acids is 2. The van der Waals surface area contributed by atoms with Crippen LogP contribution in [0.25, 0.3) is 10.9 Å². The molecule has 6 nitrogen and oxygen atoms in total. The van der Waals surface area contributed by atoms with Gasteiger partial charge in [-0.2, -0.15) is 0 Å². The average molecular weight is 271 g/mol. The molecule has 20 heavy (non-hydrogen) atoms. The van der Waals surface area contributed by atoms with Gasteiger partial charge in [0.15, 0.2) is 0 Å². The summed E-state index contributed by atoms with van der Waals surface area (Å²) in [5, 5.41) is 11.7. The van der Waals surface area contributed by atoms with Gasteiger partial charge >= 0.3 is 6.21 Å². The molecular formula is C14H13N3O3. The fraction of sp³-hybridized carbons (Fsp3) is 0.214. The number of fused-ring (bicyclic) bond motifs is 1. The van der Waals surface area contributed by atoms with E-state index < -0.39 is 5.97 Å². The number of aromatic nitrogens is 1. The van der Waals surface area contributed by atoms with Crippen LogP contribution >= 0.6 is 0 Å². The Bertz CT molecular complexity index is 712. The van der Waals surface area contributed by atoms with Crippen molar-refractivity contribution in [3.8, 4) is 0 Å². The lowest BCUT2D eigenvalue weighted by Crippen LogP contribution is -2.24. The van der Waals surface area contributed by atoms with Gasteiger partial charge in [-0.15, -0.1) is 0 Å². The summed E-state index contributed by atoms with van der Waals surface area (Å²) in [4.78, 5) is 28.3. The molecule has 2 rings (SSSR count). The van der Waals surface area contributed by atoms with Gasteiger partial charge in [0.25, 0.3) is 0 Å². The molecule has 0 radical (unpaired) electrons. The van der Waals surface area contributed by atoms with Gasteiger partial charge in [0, 0.05) is 35.4 Å². The number of H-pyrrole nitrogens is 1. The maximum Gasteiger partial charge on any atom is 0.372 e. The lowest BCUT2D eigenvalue weighted by atomic mass is 10.0. The Labute approximate surface area is 114 Å². The van der Waals surface area contributed by atoms with Crippen LogP contribution in [-0.2, 0) is 22.4 Å². The SMILES string of the molecule is N=[N+]=CC(=O)CCc1[nH]c2ccccc2c1CC(=O)[O-]. The zero-order chi connectivity index (χ0) is 14.5. The van der Waals surface area contributed by atoms with Crippen molar-refractivity contribution in [1.82, 2.24) is 4.98 Å². The van der Waals surface area contributed by atoms with E-state index in [1.165, 1.54) is 0 Å². The van der Waals surface area contributed by atoms with E-state index >= 15 is 0 Å². The van der Waals surface area contributed by atoms with Crippen molar-refractivity contribution in [2.24, 2.45) is 0 Å². The van der Waals surface area contributed by atoms with Crippen LogP contribution < -0.4 is 5.11 Å². The van der Waals surface area contributed by atoms with E-state index in [2.05, 4.69) is 9.77 Å². The number of hydrogen-bond acceptors (Lipinski definition) is 4. The number of carboxylic acids is 1. The van der Waals surface area contributed by atoms with Crippen LogP contribution in [0.15, 0.2) is 24.3 Å². The predicted octanol–water partition coefficient (Wildman–Crippen LogP) is 0.272. The van der Waals surface area contributed by atoms with Crippen molar-refractivity contribution in [2.45, 2.75) is 19.3 Å². The standard InChI is InChI=1S/C14H13N3O3/c15-16-8-9(18)5-6-13-11(7-14(19)20)10-3-1-2-4-12(10)17-13/h1-4,8,15,17H,5-7H2. The highest BCUT2D eigenvalue weighted by Gasteiger charge is 2.13. The molecular weight excluding hydrogens is 258 g/mol. The number of aryl methyl sites for hydroxylation is 1. The van der Waals surface area contributed by atoms with E-state index in [1.807, 2.05) is 24.3 Å². The number of ketones is 1. The predicted molar refractivity (Wildman–Crippen MR) is 69.4 cm³/mol. The number of Topliss-reactive ketones (excluding diaryl/α,β-unsaturated/α-hetero) is 1. The van der Waals surface area contributed by atoms with E-state index in [4.69, 9.17) is 5.53 Å². The van der Waals surface area contributed by atoms with Gasteiger partial charge in [-0.05, 0) is 18.1 Å². The van der Waals surface area contributed by atoms with Gasteiger partial charge in [-0.3, -0.25) is 4.79 Å². The molecule has 2 N–H and O–H groups in total. The third kappa shape index (κ3) is 2.99. The zero-order valence-electron chi connectivity index (χ0n) is 10.7. The second-order valence-electron chi connectivity index (χ2n) is 4.40. The summed E-state index contributed by atoms with van der Waals surface area (Å²) in [5.74, 6) is -1.42. The molecule has 0 aliphatic carbocycles. The highest BCUT2D eigenvalue weighted by Crippen LogP contribution is 2.23. The van der Waals surface area contributed by atoms with Crippen molar-refractivity contribution in [3.63, 3.8) is 0 Å². The molecule has 0 bridgehead atoms. The second kappa shape index (κ2) is 5.95. The first-order chi connectivity index (χ1) is 9.61. The lowest BCUT2D eigenvalue weighted by Gasteiger charge is -2.04. The summed E-state index contributed by atoms with van der Waals surface area (Å²) >= 11 is 0. The molecule has 102 valence electrons. The fourth-order valence-corrected chi connectivity index (χ4v) is 2.20. The largest absolute Gasteiger partial charge is 0.550 e. The summed E-state index contributed by atoms with van der Waals surface area (Å²) in [7, 11) is 0. The number of aliphatic carboxylic acids is 1. The highest BCUT2D eigenvalue weighted by molar-refractivity contribution is 6.25. The topological polar surface area (TPSA) is 111 Å². The van der Waals surface area contributed by atoms with Crippen LogP contribution in [-0.4, -0.2) is 27.7 Å². The van der Waals surface area contributed by atoms with E-state index in [0.717, 1.165) is 17.1 Å². The first-order valence-electron chi connectivity index (χ1n) is 6.12. The van der Waals surface area contributed by atoms with Gasteiger partial charge in [-0.25, -0.2) is 0 Å². The number of carbonyl (C=O) groups is 2. The Morgan fingerprint density at radius 1 is 1.35 bits per heavy atom. The van der Waals surface area contributed by atoms with Crippen molar-refractivity contribution in [1.29, 1.82) is 5.53 Å². The van der Waals surface area contributed by atoms with E-state index in [9.17, 15) is 14.7 Å². The number of nitrogens with zero attached hydrogens (tertiary/aromatic N) is 1. The Morgan fingerprint density at radius 2 is 2.10 bits per heavy atom. The number of nitrogens with one attached hydrogen (secondary N) is 2. The molecule has 0 saturated heterocycles. The number of carboxylic acid groups (broad SMARTS) is 1. The molecule has 2 aromatic rings. The molecule has 0 aliphatic rings. The Hall–Kier alpha value is -2.72. The summed E-state index contributed by atoms with van der Waals surface area (Å²) in [6, 6.07) is 7.37. The van der Waals surface area contributed by atoms with Gasteiger partial charge in [0.05, 0.1) is 10.3 Å². The zero-order valence-corrected chi connectivity index (χ0v) is 10.7. The third-order valence-corrected chi connectivity index (χ3v) is 3.05. The number of benzene rings is 1. The number of hydrogen-bond donors (Lipinski definition) is 2. The minimum absolute atomic E-state index is 0.176. The quantitative estimate of drug-likeness (QED) is 0.447. The Morgan fingerprint density at radius 3 is 2.80 bits per heavy atom. The molecule has 1 aromatic carbocycles. The van der Waals surface area contributed by atoms with Crippen LogP contribution in [0.2, 0.25) is 0 Å². The van der Waals surface area contributed by atoms with Gasteiger partial charge in [0.1, 0.15) is 0 Å². The van der Waals surface area contributed by atoms with Crippen molar-refractivity contribution in [2.75, 3.05) is 0 Å². The molecule has 0 saturated carbocycles. The minimum Gasteiger partial charge on any atom is -0.550 e. The average Bonchev–Trinajstić information content (AvgIpc) is 2.75. The van der Waals surface area contributed by atoms with Gasteiger partial charge in [0.2, 0.25) is 5.78 Å². The van der Waals surface area contributed by atoms with Gasteiger partial charge < -0.3 is 14.9 Å². The molecule has 1 heterocycles. The lowest BCUT2D eigenvalue weighted by molar-refractivity contribution is -0.304. The maximum absolute atomic E-state index is 11.4. The first-order valence-corrected chi connectivity index (χ1v) is 6.12. The molecule has 0 fully saturated rings. The van der Waals surface area contributed by atoms with Crippen molar-refractivity contribution < 1.29 is 19.5 Å². The molecule has 6 heteroatoms. The fourth-order valence-electron chi connectivity index (χ4n) is 2.20. The summed E-state index contributed by atoms with van der Waals surface area (Å²) in [5.41, 5.74) is 8.79. The normalized spacial score (nSPS) is 10.2. The Kier molecular flexibility index (Phi) is 4.08. The van der Waals surface area contributed by atoms with Crippen LogP contribution in [0.3, 0.4) is 0 Å². The summed E-state index contributed by atoms with van der Waals surface area (Å²) < 4.78 is 0. The Balaban J connectivity index is 2.33. The van der Waals surface area contributed by atoms with Crippen LogP contribution in [0.5, 0.6) is 0 Å². The summed E-state index contributed by atoms with van der Waals surface area (Å²) in [6.07, 6.45) is 1.30. The molecule has 0 unspecified atom stereocenters. The van der Waals surface area contributed by atoms with Crippen LogP contribution in [0.4, 0.5) is 0 Å². The molecule has 0 spiro atoms. The van der Waals surface area contributed by atoms with Crippen molar-refractivity contribution in [3.05, 3.63) is 35.5 Å². The first kappa shape index (κ1) is 13.7. The minimum atomic E-state index is -1.16. The maximum atomic E-state index is 11.4. The number of aromatic amines is 1. The molecule has 1 aromatic heterocycles. The molecule has 0 atom stereocenters. The number of para-hydroxylation sites is 1. The van der Waals surface area contributed by atoms with E-state index in [1.54, 1.807) is 0 Å². The van der Waals surface area contributed by atoms with E-state index in [-0.39, 0.29) is 18.6 Å². The van der Waals surface area contributed by atoms with Crippen molar-refractivity contribution >= 4 is 28.9 Å². The molecule has 0 amide bonds. The monoisotopic (exact) mass is 271 g/mol. The summed E-state index contributed by atoms with van der Waals surface area (Å²) in [6.45, 7) is 0.